The molecule has 0 aliphatic rings. The highest BCUT2D eigenvalue weighted by Gasteiger charge is 2.31. The van der Waals surface area contributed by atoms with E-state index in [0.717, 1.165) is 12.1 Å². The van der Waals surface area contributed by atoms with Gasteiger partial charge in [-0.2, -0.15) is 13.2 Å². The van der Waals surface area contributed by atoms with Crippen LogP contribution >= 0.6 is 15.9 Å². The van der Waals surface area contributed by atoms with Crippen molar-refractivity contribution in [3.05, 3.63) is 70.8 Å². The molecule has 0 heterocycles. The summed E-state index contributed by atoms with van der Waals surface area (Å²) in [6.07, 6.45) is -4.27. The third-order valence-electron chi connectivity index (χ3n) is 2.99. The zero-order valence-electron chi connectivity index (χ0n) is 10.6. The van der Waals surface area contributed by atoms with E-state index in [9.17, 15) is 22.0 Å². The lowest BCUT2D eigenvalue weighted by atomic mass is 10.0. The molecule has 0 nitrogen and oxygen atoms in total. The predicted octanol–water partition coefficient (Wildman–Crippen LogP) is 5.66. The summed E-state index contributed by atoms with van der Waals surface area (Å²) in [5.41, 5.74) is -0.285. The molecule has 2 aromatic carbocycles. The minimum Gasteiger partial charge on any atom is -0.207 e. The Kier molecular flexibility index (Phi) is 4.66. The third-order valence-corrected chi connectivity index (χ3v) is 3.81. The van der Waals surface area contributed by atoms with Crippen LogP contribution in [0, 0.1) is 11.6 Å². The predicted molar refractivity (Wildman–Crippen MR) is 73.2 cm³/mol. The molecule has 0 N–H and O–H groups in total. The van der Waals surface area contributed by atoms with Crippen LogP contribution in [0.3, 0.4) is 0 Å². The van der Waals surface area contributed by atoms with Gasteiger partial charge in [-0.25, -0.2) is 8.78 Å². The van der Waals surface area contributed by atoms with Gasteiger partial charge < -0.3 is 0 Å². The molecule has 0 amide bonds. The van der Waals surface area contributed by atoms with Crippen molar-refractivity contribution in [3.8, 4) is 0 Å². The summed E-state index contributed by atoms with van der Waals surface area (Å²) in [5.74, 6) is -1.12. The summed E-state index contributed by atoms with van der Waals surface area (Å²) in [4.78, 5) is -0.634. The molecule has 0 spiro atoms. The molecule has 0 radical (unpaired) electrons. The molecule has 6 heteroatoms. The van der Waals surface area contributed by atoms with E-state index in [-0.39, 0.29) is 12.0 Å². The fourth-order valence-corrected chi connectivity index (χ4v) is 2.62. The highest BCUT2D eigenvalue weighted by molar-refractivity contribution is 9.09. The van der Waals surface area contributed by atoms with Gasteiger partial charge in [0.1, 0.15) is 11.6 Å². The first-order valence-corrected chi connectivity index (χ1v) is 6.94. The minimum absolute atomic E-state index is 0.0749. The highest BCUT2D eigenvalue weighted by atomic mass is 79.9. The van der Waals surface area contributed by atoms with Crippen LogP contribution in [0.15, 0.2) is 42.5 Å². The largest absolute Gasteiger partial charge is 0.416 e. The normalized spacial score (nSPS) is 13.2. The van der Waals surface area contributed by atoms with Crippen molar-refractivity contribution in [1.82, 2.24) is 0 Å². The lowest BCUT2D eigenvalue weighted by Gasteiger charge is -2.14. The number of alkyl halides is 4. The van der Waals surface area contributed by atoms with Crippen LogP contribution in [-0.4, -0.2) is 0 Å². The van der Waals surface area contributed by atoms with Crippen molar-refractivity contribution in [2.75, 3.05) is 0 Å². The van der Waals surface area contributed by atoms with E-state index < -0.39 is 28.2 Å². The van der Waals surface area contributed by atoms with Gasteiger partial charge in [0.05, 0.1) is 5.56 Å². The van der Waals surface area contributed by atoms with Crippen LogP contribution < -0.4 is 0 Å². The molecule has 0 bridgehead atoms. The molecule has 0 aromatic heterocycles. The Labute approximate surface area is 126 Å². The zero-order valence-corrected chi connectivity index (χ0v) is 12.2. The van der Waals surface area contributed by atoms with E-state index in [2.05, 4.69) is 15.9 Å². The van der Waals surface area contributed by atoms with Crippen molar-refractivity contribution >= 4 is 15.9 Å². The summed E-state index contributed by atoms with van der Waals surface area (Å²) in [6.45, 7) is 0. The maximum Gasteiger partial charge on any atom is 0.416 e. The summed E-state index contributed by atoms with van der Waals surface area (Å²) in [6, 6.07) is 7.81. The van der Waals surface area contributed by atoms with Crippen molar-refractivity contribution < 1.29 is 22.0 Å². The van der Waals surface area contributed by atoms with Crippen LogP contribution in [0.25, 0.3) is 0 Å². The quantitative estimate of drug-likeness (QED) is 0.486. The van der Waals surface area contributed by atoms with Crippen LogP contribution in [0.5, 0.6) is 0 Å². The second-order valence-corrected chi connectivity index (χ2v) is 5.64. The molecule has 0 saturated carbocycles. The smallest absolute Gasteiger partial charge is 0.207 e. The number of hydrogen-bond acceptors (Lipinski definition) is 0. The fourth-order valence-electron chi connectivity index (χ4n) is 1.90. The molecular formula is C15H10BrF5. The number of hydrogen-bond donors (Lipinski definition) is 0. The topological polar surface area (TPSA) is 0 Å². The fraction of sp³-hybridized carbons (Fsp3) is 0.200. The SMILES string of the molecule is Fc1ccc(CC(Br)c2cc(C(F)(F)F)ccc2F)cc1. The van der Waals surface area contributed by atoms with E-state index in [1.54, 1.807) is 0 Å². The molecule has 1 unspecified atom stereocenters. The van der Waals surface area contributed by atoms with Crippen molar-refractivity contribution in [2.45, 2.75) is 17.4 Å². The first kappa shape index (κ1) is 15.9. The molecule has 0 fully saturated rings. The molecule has 1 atom stereocenters. The number of benzene rings is 2. The highest BCUT2D eigenvalue weighted by Crippen LogP contribution is 2.35. The Balaban J connectivity index is 2.26. The Morgan fingerprint density at radius 3 is 2.14 bits per heavy atom. The third kappa shape index (κ3) is 4.03. The molecule has 0 aliphatic carbocycles. The Hall–Kier alpha value is -1.43. The van der Waals surface area contributed by atoms with Gasteiger partial charge in [0.25, 0.3) is 0 Å². The molecule has 21 heavy (non-hydrogen) atoms. The van der Waals surface area contributed by atoms with Crippen molar-refractivity contribution in [1.29, 1.82) is 0 Å². The van der Waals surface area contributed by atoms with Crippen LogP contribution in [0.1, 0.15) is 21.5 Å². The molecular weight excluding hydrogens is 355 g/mol. The summed E-state index contributed by atoms with van der Waals surface area (Å²) in [5, 5.41) is 0. The van der Waals surface area contributed by atoms with Crippen molar-refractivity contribution in [3.63, 3.8) is 0 Å². The molecule has 0 saturated heterocycles. The van der Waals surface area contributed by atoms with E-state index in [1.807, 2.05) is 0 Å². The first-order chi connectivity index (χ1) is 9.77. The monoisotopic (exact) mass is 364 g/mol. The molecule has 2 rings (SSSR count). The first-order valence-electron chi connectivity index (χ1n) is 6.02. The standard InChI is InChI=1S/C15H10BrF5/c16-13(7-9-1-4-11(17)5-2-9)12-8-10(15(19,20)21)3-6-14(12)18/h1-6,8,13H,7H2. The van der Waals surface area contributed by atoms with Crippen LogP contribution in [-0.2, 0) is 12.6 Å². The Morgan fingerprint density at radius 2 is 1.57 bits per heavy atom. The van der Waals surface area contributed by atoms with Crippen LogP contribution in [0.4, 0.5) is 22.0 Å². The van der Waals surface area contributed by atoms with E-state index in [1.165, 1.54) is 24.3 Å². The number of rotatable bonds is 3. The Morgan fingerprint density at radius 1 is 0.952 bits per heavy atom. The average Bonchev–Trinajstić information content (AvgIpc) is 2.40. The van der Waals surface area contributed by atoms with Gasteiger partial charge in [0.15, 0.2) is 0 Å². The summed E-state index contributed by atoms with van der Waals surface area (Å²) >= 11 is 3.19. The van der Waals surface area contributed by atoms with Gasteiger partial charge >= 0.3 is 6.18 Å². The van der Waals surface area contributed by atoms with Gasteiger partial charge in [-0.05, 0) is 42.3 Å². The second kappa shape index (κ2) is 6.13. The van der Waals surface area contributed by atoms with E-state index in [4.69, 9.17) is 0 Å². The lowest BCUT2D eigenvalue weighted by Crippen LogP contribution is -2.08. The molecule has 2 aromatic rings. The summed E-state index contributed by atoms with van der Waals surface area (Å²) < 4.78 is 64.5. The van der Waals surface area contributed by atoms with Gasteiger partial charge in [0.2, 0.25) is 0 Å². The Bertz CT molecular complexity index is 619. The summed E-state index contributed by atoms with van der Waals surface area (Å²) in [7, 11) is 0. The van der Waals surface area contributed by atoms with Gasteiger partial charge in [-0.15, -0.1) is 0 Å². The van der Waals surface area contributed by atoms with Gasteiger partial charge in [0, 0.05) is 10.4 Å². The van der Waals surface area contributed by atoms with Gasteiger partial charge in [-0.1, -0.05) is 28.1 Å². The number of halogens is 6. The lowest BCUT2D eigenvalue weighted by molar-refractivity contribution is -0.137. The average molecular weight is 365 g/mol. The molecule has 112 valence electrons. The zero-order chi connectivity index (χ0) is 15.6. The van der Waals surface area contributed by atoms with Crippen molar-refractivity contribution in [2.24, 2.45) is 0 Å². The maximum absolute atomic E-state index is 13.7. The second-order valence-electron chi connectivity index (χ2n) is 4.53. The van der Waals surface area contributed by atoms with E-state index >= 15 is 0 Å². The van der Waals surface area contributed by atoms with E-state index in [0.29, 0.717) is 11.6 Å². The molecule has 0 aliphatic heterocycles. The van der Waals surface area contributed by atoms with Gasteiger partial charge in [-0.3, -0.25) is 0 Å². The maximum atomic E-state index is 13.7. The minimum atomic E-state index is -4.52. The van der Waals surface area contributed by atoms with Crippen LogP contribution in [0.2, 0.25) is 0 Å².